The molecule has 2 aliphatic carbocycles. The van der Waals surface area contributed by atoms with E-state index in [1.807, 2.05) is 18.2 Å². The lowest BCUT2D eigenvalue weighted by molar-refractivity contribution is 0.402. The molecule has 0 radical (unpaired) electrons. The van der Waals surface area contributed by atoms with Crippen molar-refractivity contribution in [1.82, 2.24) is 0 Å². The van der Waals surface area contributed by atoms with Gasteiger partial charge in [0.2, 0.25) is 0 Å². The summed E-state index contributed by atoms with van der Waals surface area (Å²) >= 11 is 3.13. The summed E-state index contributed by atoms with van der Waals surface area (Å²) in [6.45, 7) is 0. The first-order chi connectivity index (χ1) is 5.71. The smallest absolute Gasteiger partial charge is 0.176 e. The number of hydrogen-bond donors (Lipinski definition) is 0. The maximum absolute atomic E-state index is 13.5. The molecule has 2 aliphatic rings. The van der Waals surface area contributed by atoms with Gasteiger partial charge in [-0.1, -0.05) is 24.3 Å². The maximum atomic E-state index is 13.5. The van der Waals surface area contributed by atoms with Crippen molar-refractivity contribution in [2.75, 3.05) is 0 Å². The Hall–Kier alpha value is -0.370. The topological polar surface area (TPSA) is 0 Å². The fourth-order valence-electron chi connectivity index (χ4n) is 2.33. The molecular weight excluding hydrogens is 219 g/mol. The highest BCUT2D eigenvalue weighted by Crippen LogP contribution is 2.69. The third-order valence-corrected chi connectivity index (χ3v) is 4.11. The molecule has 0 nitrogen and oxygen atoms in total. The number of fused-ring (bicyclic) bond motifs is 3. The summed E-state index contributed by atoms with van der Waals surface area (Å²) in [6, 6.07) is 8.16. The molecule has 0 amide bonds. The lowest BCUT2D eigenvalue weighted by Gasteiger charge is -2.06. The van der Waals surface area contributed by atoms with Gasteiger partial charge >= 0.3 is 0 Å². The molecule has 12 heavy (non-hydrogen) atoms. The predicted molar refractivity (Wildman–Crippen MR) is 49.1 cm³/mol. The van der Waals surface area contributed by atoms with E-state index < -0.39 is 4.58 Å². The van der Waals surface area contributed by atoms with Gasteiger partial charge < -0.3 is 0 Å². The monoisotopic (exact) mass is 226 g/mol. The van der Waals surface area contributed by atoms with Gasteiger partial charge in [0.05, 0.1) is 0 Å². The van der Waals surface area contributed by atoms with Crippen LogP contribution >= 0.6 is 15.9 Å². The summed E-state index contributed by atoms with van der Waals surface area (Å²) in [5.41, 5.74) is 2.54. The Balaban J connectivity index is 2.11. The lowest BCUT2D eigenvalue weighted by Crippen LogP contribution is -2.00. The van der Waals surface area contributed by atoms with E-state index in [0.717, 1.165) is 6.42 Å². The zero-order chi connectivity index (χ0) is 8.34. The van der Waals surface area contributed by atoms with E-state index in [2.05, 4.69) is 22.0 Å². The van der Waals surface area contributed by atoms with Gasteiger partial charge in [0.1, 0.15) is 0 Å². The van der Waals surface area contributed by atoms with Crippen LogP contribution in [0.3, 0.4) is 0 Å². The van der Waals surface area contributed by atoms with Crippen LogP contribution in [0.15, 0.2) is 24.3 Å². The van der Waals surface area contributed by atoms with Crippen molar-refractivity contribution in [3.63, 3.8) is 0 Å². The highest BCUT2D eigenvalue weighted by molar-refractivity contribution is 9.10. The van der Waals surface area contributed by atoms with Crippen LogP contribution < -0.4 is 0 Å². The van der Waals surface area contributed by atoms with Gasteiger partial charge in [-0.2, -0.15) is 0 Å². The molecule has 0 saturated heterocycles. The third-order valence-electron chi connectivity index (χ3n) is 3.03. The number of benzene rings is 1. The zero-order valence-corrected chi connectivity index (χ0v) is 8.01. The molecule has 1 aromatic carbocycles. The number of hydrogen-bond acceptors (Lipinski definition) is 0. The van der Waals surface area contributed by atoms with Gasteiger partial charge in [0, 0.05) is 11.8 Å². The summed E-state index contributed by atoms with van der Waals surface area (Å²) in [5.74, 6) is 0.337. The predicted octanol–water partition coefficient (Wildman–Crippen LogP) is 3.02. The van der Waals surface area contributed by atoms with Crippen molar-refractivity contribution in [3.05, 3.63) is 35.4 Å². The van der Waals surface area contributed by atoms with Gasteiger partial charge in [0.25, 0.3) is 0 Å². The maximum Gasteiger partial charge on any atom is 0.176 e. The fourth-order valence-corrected chi connectivity index (χ4v) is 3.19. The van der Waals surface area contributed by atoms with Crippen molar-refractivity contribution in [1.29, 1.82) is 0 Å². The first-order valence-electron chi connectivity index (χ1n) is 4.17. The minimum Gasteiger partial charge on any atom is -0.230 e. The van der Waals surface area contributed by atoms with Crippen LogP contribution in [0.5, 0.6) is 0 Å². The molecule has 1 fully saturated rings. The molecular formula is C10H8BrF. The summed E-state index contributed by atoms with van der Waals surface area (Å²) < 4.78 is 12.4. The molecule has 62 valence electrons. The molecule has 1 aromatic rings. The van der Waals surface area contributed by atoms with Crippen LogP contribution in [0.1, 0.15) is 17.0 Å². The number of alkyl halides is 2. The Labute approximate surface area is 78.9 Å². The van der Waals surface area contributed by atoms with Crippen LogP contribution in [-0.4, -0.2) is 4.58 Å². The van der Waals surface area contributed by atoms with Crippen molar-refractivity contribution < 1.29 is 4.39 Å². The standard InChI is InChI=1S/C10H8BrF/c11-10(12)8-5-6-3-1-2-4-7(6)9(8)10/h1-4,8-9H,5H2. The van der Waals surface area contributed by atoms with Gasteiger partial charge in [0.15, 0.2) is 4.58 Å². The Kier molecular flexibility index (Phi) is 1.13. The summed E-state index contributed by atoms with van der Waals surface area (Å²) in [5, 5.41) is 0. The molecule has 0 aromatic heterocycles. The Morgan fingerprint density at radius 3 is 3.00 bits per heavy atom. The van der Waals surface area contributed by atoms with E-state index in [-0.39, 0.29) is 11.8 Å². The van der Waals surface area contributed by atoms with E-state index in [9.17, 15) is 4.39 Å². The molecule has 0 spiro atoms. The Bertz CT molecular complexity index is 345. The van der Waals surface area contributed by atoms with Crippen LogP contribution in [0.4, 0.5) is 4.39 Å². The van der Waals surface area contributed by atoms with Crippen molar-refractivity contribution in [3.8, 4) is 0 Å². The molecule has 3 rings (SSSR count). The SMILES string of the molecule is FC1(Br)C2Cc3ccccc3C21. The fraction of sp³-hybridized carbons (Fsp3) is 0.400. The second-order valence-corrected chi connectivity index (χ2v) is 4.88. The van der Waals surface area contributed by atoms with E-state index >= 15 is 0 Å². The molecule has 1 saturated carbocycles. The van der Waals surface area contributed by atoms with Gasteiger partial charge in [-0.05, 0) is 33.5 Å². The van der Waals surface area contributed by atoms with Gasteiger partial charge in [-0.15, -0.1) is 0 Å². The normalized spacial score (nSPS) is 42.2. The number of rotatable bonds is 0. The highest BCUT2D eigenvalue weighted by Gasteiger charge is 2.68. The van der Waals surface area contributed by atoms with Gasteiger partial charge in [-0.25, -0.2) is 4.39 Å². The first kappa shape index (κ1) is 7.07. The molecule has 2 heteroatoms. The van der Waals surface area contributed by atoms with E-state index in [4.69, 9.17) is 0 Å². The van der Waals surface area contributed by atoms with Crippen LogP contribution in [-0.2, 0) is 6.42 Å². The van der Waals surface area contributed by atoms with Crippen molar-refractivity contribution in [2.24, 2.45) is 5.92 Å². The molecule has 3 atom stereocenters. The quantitative estimate of drug-likeness (QED) is 0.597. The largest absolute Gasteiger partial charge is 0.230 e. The van der Waals surface area contributed by atoms with E-state index in [0.29, 0.717) is 0 Å². The van der Waals surface area contributed by atoms with Gasteiger partial charge in [-0.3, -0.25) is 0 Å². The Morgan fingerprint density at radius 1 is 1.42 bits per heavy atom. The zero-order valence-electron chi connectivity index (χ0n) is 6.43. The summed E-state index contributed by atoms with van der Waals surface area (Å²) in [7, 11) is 0. The van der Waals surface area contributed by atoms with Crippen LogP contribution in [0, 0.1) is 5.92 Å². The van der Waals surface area contributed by atoms with Crippen LogP contribution in [0.25, 0.3) is 0 Å². The summed E-state index contributed by atoms with van der Waals surface area (Å²) in [4.78, 5) is 0. The first-order valence-corrected chi connectivity index (χ1v) is 4.96. The van der Waals surface area contributed by atoms with Crippen molar-refractivity contribution >= 4 is 15.9 Å². The van der Waals surface area contributed by atoms with E-state index in [1.54, 1.807) is 0 Å². The molecule has 0 bridgehead atoms. The second kappa shape index (κ2) is 1.92. The minimum absolute atomic E-state index is 0.133. The highest BCUT2D eigenvalue weighted by atomic mass is 79.9. The third kappa shape index (κ3) is 0.674. The minimum atomic E-state index is -1.08. The summed E-state index contributed by atoms with van der Waals surface area (Å²) in [6.07, 6.45) is 0.905. The second-order valence-electron chi connectivity index (χ2n) is 3.66. The average molecular weight is 227 g/mol. The lowest BCUT2D eigenvalue weighted by atomic mass is 10.1. The van der Waals surface area contributed by atoms with Crippen molar-refractivity contribution in [2.45, 2.75) is 16.9 Å². The molecule has 0 aliphatic heterocycles. The molecule has 0 heterocycles. The molecule has 0 N–H and O–H groups in total. The van der Waals surface area contributed by atoms with E-state index in [1.165, 1.54) is 11.1 Å². The Morgan fingerprint density at radius 2 is 2.17 bits per heavy atom. The average Bonchev–Trinajstić information content (AvgIpc) is 2.46. The number of halogens is 2. The van der Waals surface area contributed by atoms with Crippen LogP contribution in [0.2, 0.25) is 0 Å². The molecule has 3 unspecified atom stereocenters.